The molecule has 1 unspecified atom stereocenters. The second-order valence-corrected chi connectivity index (χ2v) is 4.54. The first kappa shape index (κ1) is 13.7. The van der Waals surface area contributed by atoms with Crippen molar-refractivity contribution in [2.24, 2.45) is 5.73 Å². The Morgan fingerprint density at radius 1 is 1.37 bits per heavy atom. The van der Waals surface area contributed by atoms with Crippen molar-refractivity contribution in [2.75, 3.05) is 6.54 Å². The lowest BCUT2D eigenvalue weighted by molar-refractivity contribution is 0.347. The first-order chi connectivity index (χ1) is 9.30. The zero-order chi connectivity index (χ0) is 13.7. The standard InChI is InChI=1S/C14H20N4O/c1-3-6-11(9-15)14-17-13(18-19-14)12-10(4-2)7-5-8-16-12/h5,7-8,11H,3-4,6,9,15H2,1-2H3. The van der Waals surface area contributed by atoms with Gasteiger partial charge in [0.05, 0.1) is 5.92 Å². The number of rotatable bonds is 6. The highest BCUT2D eigenvalue weighted by atomic mass is 16.5. The zero-order valence-electron chi connectivity index (χ0n) is 11.5. The van der Waals surface area contributed by atoms with Crippen LogP contribution in [0.1, 0.15) is 44.1 Å². The Balaban J connectivity index is 2.30. The molecular weight excluding hydrogens is 240 g/mol. The molecule has 2 N–H and O–H groups in total. The summed E-state index contributed by atoms with van der Waals surface area (Å²) in [5.41, 5.74) is 7.67. The summed E-state index contributed by atoms with van der Waals surface area (Å²) in [4.78, 5) is 8.81. The van der Waals surface area contributed by atoms with Crippen LogP contribution in [0, 0.1) is 0 Å². The summed E-state index contributed by atoms with van der Waals surface area (Å²) in [6, 6.07) is 3.95. The van der Waals surface area contributed by atoms with Gasteiger partial charge in [-0.2, -0.15) is 4.98 Å². The van der Waals surface area contributed by atoms with E-state index in [2.05, 4.69) is 29.0 Å². The Bertz CT molecular complexity index is 524. The van der Waals surface area contributed by atoms with Crippen LogP contribution in [0.4, 0.5) is 0 Å². The summed E-state index contributed by atoms with van der Waals surface area (Å²) in [6.45, 7) is 4.73. The average molecular weight is 260 g/mol. The van der Waals surface area contributed by atoms with E-state index in [-0.39, 0.29) is 5.92 Å². The predicted octanol–water partition coefficient (Wildman–Crippen LogP) is 2.54. The molecule has 0 saturated carbocycles. The van der Waals surface area contributed by atoms with Gasteiger partial charge in [0.1, 0.15) is 5.69 Å². The van der Waals surface area contributed by atoms with Crippen molar-refractivity contribution in [1.82, 2.24) is 15.1 Å². The maximum Gasteiger partial charge on any atom is 0.231 e. The fourth-order valence-electron chi connectivity index (χ4n) is 2.11. The third-order valence-corrected chi connectivity index (χ3v) is 3.20. The summed E-state index contributed by atoms with van der Waals surface area (Å²) in [6.07, 6.45) is 4.64. The van der Waals surface area contributed by atoms with E-state index in [0.29, 0.717) is 18.3 Å². The summed E-state index contributed by atoms with van der Waals surface area (Å²) >= 11 is 0. The van der Waals surface area contributed by atoms with Crippen molar-refractivity contribution in [3.63, 3.8) is 0 Å². The quantitative estimate of drug-likeness (QED) is 0.863. The lowest BCUT2D eigenvalue weighted by Crippen LogP contribution is -2.12. The highest BCUT2D eigenvalue weighted by Gasteiger charge is 2.19. The molecule has 0 amide bonds. The molecule has 1 atom stereocenters. The van der Waals surface area contributed by atoms with Gasteiger partial charge in [0, 0.05) is 12.7 Å². The van der Waals surface area contributed by atoms with Crippen molar-refractivity contribution in [3.05, 3.63) is 29.8 Å². The van der Waals surface area contributed by atoms with Crippen LogP contribution >= 0.6 is 0 Å². The smallest absolute Gasteiger partial charge is 0.231 e. The minimum absolute atomic E-state index is 0.139. The highest BCUT2D eigenvalue weighted by Crippen LogP contribution is 2.23. The molecule has 2 aromatic rings. The van der Waals surface area contributed by atoms with Crippen molar-refractivity contribution in [1.29, 1.82) is 0 Å². The van der Waals surface area contributed by atoms with E-state index >= 15 is 0 Å². The molecular formula is C14H20N4O. The molecule has 0 aromatic carbocycles. The van der Waals surface area contributed by atoms with Crippen LogP contribution in [-0.4, -0.2) is 21.7 Å². The van der Waals surface area contributed by atoms with E-state index in [1.54, 1.807) is 6.20 Å². The van der Waals surface area contributed by atoms with Gasteiger partial charge < -0.3 is 10.3 Å². The molecule has 0 radical (unpaired) electrons. The van der Waals surface area contributed by atoms with E-state index in [0.717, 1.165) is 30.5 Å². The van der Waals surface area contributed by atoms with Crippen LogP contribution in [0.2, 0.25) is 0 Å². The molecule has 0 saturated heterocycles. The third-order valence-electron chi connectivity index (χ3n) is 3.20. The van der Waals surface area contributed by atoms with Crippen molar-refractivity contribution >= 4 is 0 Å². The maximum absolute atomic E-state index is 5.75. The van der Waals surface area contributed by atoms with Gasteiger partial charge in [-0.25, -0.2) is 0 Å². The topological polar surface area (TPSA) is 77.8 Å². The van der Waals surface area contributed by atoms with Crippen LogP contribution in [0.3, 0.4) is 0 Å². The largest absolute Gasteiger partial charge is 0.339 e. The Hall–Kier alpha value is -1.75. The van der Waals surface area contributed by atoms with Gasteiger partial charge in [0.25, 0.3) is 0 Å². The Morgan fingerprint density at radius 3 is 2.89 bits per heavy atom. The lowest BCUT2D eigenvalue weighted by Gasteiger charge is -2.06. The Labute approximate surface area is 113 Å². The molecule has 5 nitrogen and oxygen atoms in total. The van der Waals surface area contributed by atoms with E-state index in [9.17, 15) is 0 Å². The van der Waals surface area contributed by atoms with Gasteiger partial charge in [0.2, 0.25) is 11.7 Å². The van der Waals surface area contributed by atoms with Gasteiger partial charge in [-0.1, -0.05) is 31.5 Å². The molecule has 0 aliphatic heterocycles. The summed E-state index contributed by atoms with van der Waals surface area (Å²) < 4.78 is 5.34. The molecule has 2 heterocycles. The molecule has 102 valence electrons. The number of hydrogen-bond donors (Lipinski definition) is 1. The number of aryl methyl sites for hydroxylation is 1. The molecule has 2 rings (SSSR count). The number of nitrogens with zero attached hydrogens (tertiary/aromatic N) is 3. The van der Waals surface area contributed by atoms with E-state index in [4.69, 9.17) is 10.3 Å². The van der Waals surface area contributed by atoms with Gasteiger partial charge in [-0.3, -0.25) is 4.98 Å². The number of aromatic nitrogens is 3. The van der Waals surface area contributed by atoms with Crippen molar-refractivity contribution < 1.29 is 4.52 Å². The predicted molar refractivity (Wildman–Crippen MR) is 73.6 cm³/mol. The van der Waals surface area contributed by atoms with Crippen LogP contribution in [0.25, 0.3) is 11.5 Å². The first-order valence-electron chi connectivity index (χ1n) is 6.78. The summed E-state index contributed by atoms with van der Waals surface area (Å²) in [5, 5.41) is 4.04. The van der Waals surface area contributed by atoms with Crippen molar-refractivity contribution in [2.45, 2.75) is 39.0 Å². The molecule has 0 fully saturated rings. The SMILES string of the molecule is CCCC(CN)c1nc(-c2ncccc2CC)no1. The van der Waals surface area contributed by atoms with Crippen LogP contribution < -0.4 is 5.73 Å². The molecule has 0 aliphatic rings. The molecule has 0 bridgehead atoms. The van der Waals surface area contributed by atoms with Crippen LogP contribution in [0.5, 0.6) is 0 Å². The number of nitrogens with two attached hydrogens (primary N) is 1. The van der Waals surface area contributed by atoms with Crippen molar-refractivity contribution in [3.8, 4) is 11.5 Å². The van der Waals surface area contributed by atoms with Gasteiger partial charge in [-0.15, -0.1) is 0 Å². The van der Waals surface area contributed by atoms with Gasteiger partial charge >= 0.3 is 0 Å². The molecule has 5 heteroatoms. The van der Waals surface area contributed by atoms with Crippen LogP contribution in [-0.2, 0) is 6.42 Å². The number of pyridine rings is 1. The monoisotopic (exact) mass is 260 g/mol. The Kier molecular flexibility index (Phi) is 4.63. The average Bonchev–Trinajstić information content (AvgIpc) is 2.94. The first-order valence-corrected chi connectivity index (χ1v) is 6.78. The van der Waals surface area contributed by atoms with Gasteiger partial charge in [-0.05, 0) is 24.5 Å². The normalized spacial score (nSPS) is 12.6. The second kappa shape index (κ2) is 6.43. The van der Waals surface area contributed by atoms with E-state index < -0.39 is 0 Å². The van der Waals surface area contributed by atoms with Gasteiger partial charge in [0.15, 0.2) is 0 Å². The summed E-state index contributed by atoms with van der Waals surface area (Å²) in [7, 11) is 0. The fourth-order valence-corrected chi connectivity index (χ4v) is 2.11. The second-order valence-electron chi connectivity index (χ2n) is 4.54. The molecule has 0 aliphatic carbocycles. The molecule has 2 aromatic heterocycles. The minimum atomic E-state index is 0.139. The summed E-state index contributed by atoms with van der Waals surface area (Å²) in [5.74, 6) is 1.31. The Morgan fingerprint density at radius 2 is 2.21 bits per heavy atom. The molecule has 19 heavy (non-hydrogen) atoms. The van der Waals surface area contributed by atoms with E-state index in [1.807, 2.05) is 12.1 Å². The minimum Gasteiger partial charge on any atom is -0.339 e. The van der Waals surface area contributed by atoms with E-state index in [1.165, 1.54) is 0 Å². The lowest BCUT2D eigenvalue weighted by atomic mass is 10.0. The fraction of sp³-hybridized carbons (Fsp3) is 0.500. The van der Waals surface area contributed by atoms with Crippen LogP contribution in [0.15, 0.2) is 22.9 Å². The third kappa shape index (κ3) is 2.98. The highest BCUT2D eigenvalue weighted by molar-refractivity contribution is 5.53. The number of hydrogen-bond acceptors (Lipinski definition) is 5. The molecule has 0 spiro atoms. The zero-order valence-corrected chi connectivity index (χ0v) is 11.5. The maximum atomic E-state index is 5.75.